The van der Waals surface area contributed by atoms with Gasteiger partial charge in [0.2, 0.25) is 11.2 Å². The fraction of sp³-hybridized carbons (Fsp3) is 0.111. The number of rotatable bonds is 3. The molecule has 0 atom stereocenters. The molecule has 0 aliphatic carbocycles. The summed E-state index contributed by atoms with van der Waals surface area (Å²) in [5.74, 6) is -0.434. The van der Waals surface area contributed by atoms with Crippen LogP contribution in [0.3, 0.4) is 0 Å². The number of carbonyl (C=O) groups is 1. The molecule has 0 aliphatic heterocycles. The van der Waals surface area contributed by atoms with E-state index in [1.807, 2.05) is 0 Å². The van der Waals surface area contributed by atoms with E-state index >= 15 is 0 Å². The number of hydrogen-bond acceptors (Lipinski definition) is 4. The van der Waals surface area contributed by atoms with Crippen LogP contribution in [0.1, 0.15) is 5.56 Å². The highest BCUT2D eigenvalue weighted by atomic mass is 32.2. The summed E-state index contributed by atoms with van der Waals surface area (Å²) in [5, 5.41) is -0.390. The smallest absolute Gasteiger partial charge is 0.247 e. The largest absolute Gasteiger partial charge is 0.285 e. The molecule has 1 rings (SSSR count). The summed E-state index contributed by atoms with van der Waals surface area (Å²) < 4.78 is 16.0. The molecule has 0 heterocycles. The average Bonchev–Trinajstić information content (AvgIpc) is 2.18. The molecule has 0 unspecified atom stereocenters. The molecule has 0 saturated carbocycles. The number of nitrogens with zero attached hydrogens (tertiary/aromatic N) is 1. The minimum Gasteiger partial charge on any atom is -0.285 e. The number of carbonyl (C=O) groups excluding carboxylic acids is 2. The fourth-order valence-electron chi connectivity index (χ4n) is 0.899. The monoisotopic (exact) mass is 211 g/mol. The number of halogens is 1. The highest BCUT2D eigenvalue weighted by Gasteiger charge is 2.07. The summed E-state index contributed by atoms with van der Waals surface area (Å²) in [4.78, 5) is 20.7. The van der Waals surface area contributed by atoms with Gasteiger partial charge in [-0.15, -0.1) is 4.40 Å². The molecule has 3 nitrogen and oxygen atoms in total. The van der Waals surface area contributed by atoms with E-state index in [-0.39, 0.29) is 6.42 Å². The van der Waals surface area contributed by atoms with Crippen molar-refractivity contribution in [1.29, 1.82) is 0 Å². The summed E-state index contributed by atoms with van der Waals surface area (Å²) in [6.45, 7) is 0. The molecule has 0 amide bonds. The Balaban J connectivity index is 2.65. The Morgan fingerprint density at radius 1 is 1.50 bits per heavy atom. The van der Waals surface area contributed by atoms with Crippen LogP contribution in [0.15, 0.2) is 28.7 Å². The van der Waals surface area contributed by atoms with Gasteiger partial charge in [-0.2, -0.15) is 0 Å². The molecule has 0 spiro atoms. The van der Waals surface area contributed by atoms with Gasteiger partial charge in [-0.3, -0.25) is 4.79 Å². The maximum Gasteiger partial charge on any atom is 0.247 e. The lowest BCUT2D eigenvalue weighted by molar-refractivity contribution is -0.110. The zero-order valence-electron chi connectivity index (χ0n) is 7.07. The number of isocyanates is 1. The lowest BCUT2D eigenvalue weighted by Crippen LogP contribution is -1.98. The van der Waals surface area contributed by atoms with E-state index in [9.17, 15) is 14.0 Å². The Hall–Kier alpha value is -1.45. The van der Waals surface area contributed by atoms with Gasteiger partial charge in [0.05, 0.1) is 11.9 Å². The van der Waals surface area contributed by atoms with Crippen LogP contribution in [0.4, 0.5) is 4.39 Å². The summed E-state index contributed by atoms with van der Waals surface area (Å²) in [5.41, 5.74) is 0.297. The third-order valence-electron chi connectivity index (χ3n) is 1.48. The predicted molar refractivity (Wildman–Crippen MR) is 50.8 cm³/mol. The zero-order valence-corrected chi connectivity index (χ0v) is 7.88. The van der Waals surface area contributed by atoms with Crippen LogP contribution in [0.25, 0.3) is 0 Å². The van der Waals surface area contributed by atoms with Crippen molar-refractivity contribution in [2.24, 2.45) is 4.40 Å². The van der Waals surface area contributed by atoms with Gasteiger partial charge < -0.3 is 0 Å². The van der Waals surface area contributed by atoms with Gasteiger partial charge in [-0.05, 0) is 11.6 Å². The van der Waals surface area contributed by atoms with E-state index in [0.29, 0.717) is 17.5 Å². The molecule has 14 heavy (non-hydrogen) atoms. The van der Waals surface area contributed by atoms with Gasteiger partial charge in [0.25, 0.3) is 0 Å². The van der Waals surface area contributed by atoms with E-state index < -0.39 is 10.9 Å². The lowest BCUT2D eigenvalue weighted by atomic mass is 10.1. The van der Waals surface area contributed by atoms with Crippen molar-refractivity contribution >= 4 is 23.1 Å². The Kier molecular flexibility index (Phi) is 4.04. The first-order valence-electron chi connectivity index (χ1n) is 3.74. The highest BCUT2D eigenvalue weighted by Crippen LogP contribution is 2.12. The van der Waals surface area contributed by atoms with Crippen LogP contribution >= 0.6 is 11.9 Å². The van der Waals surface area contributed by atoms with Crippen LogP contribution in [0.5, 0.6) is 0 Å². The zero-order chi connectivity index (χ0) is 10.4. The van der Waals surface area contributed by atoms with Crippen LogP contribution < -0.4 is 0 Å². The fourth-order valence-corrected chi connectivity index (χ4v) is 1.26. The Bertz CT molecular complexity index is 388. The summed E-state index contributed by atoms with van der Waals surface area (Å²) in [7, 11) is 0. The highest BCUT2D eigenvalue weighted by molar-refractivity contribution is 8.12. The van der Waals surface area contributed by atoms with Crippen LogP contribution in [-0.2, 0) is 16.0 Å². The molecule has 0 saturated heterocycles. The SMILES string of the molecule is O=C=NSC(=O)Cc1ccccc1F. The van der Waals surface area contributed by atoms with Crippen molar-refractivity contribution in [3.8, 4) is 0 Å². The van der Waals surface area contributed by atoms with Crippen LogP contribution in [0, 0.1) is 5.82 Å². The Labute approximate surface area is 84.2 Å². The van der Waals surface area contributed by atoms with Gasteiger partial charge in [-0.25, -0.2) is 9.18 Å². The summed E-state index contributed by atoms with van der Waals surface area (Å²) in [6, 6.07) is 5.97. The van der Waals surface area contributed by atoms with Gasteiger partial charge in [-0.1, -0.05) is 18.2 Å². The quantitative estimate of drug-likeness (QED) is 0.435. The van der Waals surface area contributed by atoms with Gasteiger partial charge >= 0.3 is 0 Å². The summed E-state index contributed by atoms with van der Waals surface area (Å²) in [6.07, 6.45) is 1.14. The molecule has 0 radical (unpaired) electrons. The van der Waals surface area contributed by atoms with E-state index in [1.165, 1.54) is 18.2 Å². The van der Waals surface area contributed by atoms with E-state index in [1.54, 1.807) is 12.1 Å². The molecular formula is C9H6FNO2S. The average molecular weight is 211 g/mol. The number of benzene rings is 1. The molecular weight excluding hydrogens is 205 g/mol. The normalized spacial score (nSPS) is 9.21. The van der Waals surface area contributed by atoms with E-state index in [0.717, 1.165) is 0 Å². The van der Waals surface area contributed by atoms with Crippen LogP contribution in [-0.4, -0.2) is 11.2 Å². The standard InChI is InChI=1S/C9H6FNO2S/c10-8-4-2-1-3-7(8)5-9(13)14-11-6-12/h1-4H,5H2. The molecule has 0 aromatic heterocycles. The molecule has 72 valence electrons. The lowest BCUT2D eigenvalue weighted by Gasteiger charge is -1.98. The first-order chi connectivity index (χ1) is 6.74. The van der Waals surface area contributed by atoms with Gasteiger partial charge in [0, 0.05) is 6.42 Å². The molecule has 5 heteroatoms. The van der Waals surface area contributed by atoms with Crippen molar-refractivity contribution in [3.05, 3.63) is 35.6 Å². The van der Waals surface area contributed by atoms with Crippen molar-refractivity contribution in [1.82, 2.24) is 0 Å². The second kappa shape index (κ2) is 5.32. The van der Waals surface area contributed by atoms with Crippen LogP contribution in [0.2, 0.25) is 0 Å². The predicted octanol–water partition coefficient (Wildman–Crippen LogP) is 1.88. The van der Waals surface area contributed by atoms with Crippen molar-refractivity contribution in [3.63, 3.8) is 0 Å². The van der Waals surface area contributed by atoms with Crippen molar-refractivity contribution in [2.45, 2.75) is 6.42 Å². The minimum atomic E-state index is -0.434. The molecule has 0 fully saturated rings. The van der Waals surface area contributed by atoms with Crippen molar-refractivity contribution in [2.75, 3.05) is 0 Å². The Morgan fingerprint density at radius 3 is 2.86 bits per heavy atom. The van der Waals surface area contributed by atoms with E-state index in [4.69, 9.17) is 0 Å². The number of hydrogen-bond donors (Lipinski definition) is 0. The second-order valence-electron chi connectivity index (χ2n) is 2.41. The minimum absolute atomic E-state index is 0.0808. The molecule has 0 N–H and O–H groups in total. The third-order valence-corrected chi connectivity index (χ3v) is 1.99. The second-order valence-corrected chi connectivity index (χ2v) is 3.23. The first-order valence-corrected chi connectivity index (χ1v) is 4.52. The molecule has 1 aromatic rings. The maximum atomic E-state index is 13.0. The van der Waals surface area contributed by atoms with Crippen molar-refractivity contribution < 1.29 is 14.0 Å². The topological polar surface area (TPSA) is 46.5 Å². The Morgan fingerprint density at radius 2 is 2.21 bits per heavy atom. The van der Waals surface area contributed by atoms with E-state index in [2.05, 4.69) is 4.40 Å². The van der Waals surface area contributed by atoms with Gasteiger partial charge in [0.1, 0.15) is 5.82 Å². The summed E-state index contributed by atoms with van der Waals surface area (Å²) >= 11 is 0.476. The molecule has 0 aliphatic rings. The molecule has 1 aromatic carbocycles. The maximum absolute atomic E-state index is 13.0. The first kappa shape index (κ1) is 10.6. The van der Waals surface area contributed by atoms with Gasteiger partial charge in [0.15, 0.2) is 0 Å². The molecule has 0 bridgehead atoms. The third kappa shape index (κ3) is 3.12.